The molecule has 4 nitrogen and oxygen atoms in total. The average Bonchev–Trinajstić information content (AvgIpc) is 2.48. The van der Waals surface area contributed by atoms with E-state index in [1.54, 1.807) is 0 Å². The molecule has 0 heterocycles. The fourth-order valence-corrected chi connectivity index (χ4v) is 3.63. The van der Waals surface area contributed by atoms with Gasteiger partial charge >= 0.3 is 5.97 Å². The van der Waals surface area contributed by atoms with Crippen LogP contribution in [0.2, 0.25) is 0 Å². The molecule has 0 aromatic rings. The largest absolute Gasteiger partial charge is 0.481 e. The van der Waals surface area contributed by atoms with E-state index >= 15 is 0 Å². The molecule has 0 aromatic carbocycles. The first-order valence-electron chi connectivity index (χ1n) is 8.08. The Kier molecular flexibility index (Phi) is 6.02. The number of aliphatic carboxylic acids is 1. The Balaban J connectivity index is 1.56. The van der Waals surface area contributed by atoms with Crippen LogP contribution in [0.3, 0.4) is 0 Å². The van der Waals surface area contributed by atoms with Crippen molar-refractivity contribution in [3.63, 3.8) is 0 Å². The maximum absolute atomic E-state index is 10.9. The summed E-state index contributed by atoms with van der Waals surface area (Å²) in [6.45, 7) is 2.09. The summed E-state index contributed by atoms with van der Waals surface area (Å²) >= 11 is 0. The Bertz CT molecular complexity index is 316. The summed E-state index contributed by atoms with van der Waals surface area (Å²) in [4.78, 5) is 21.6. The van der Waals surface area contributed by atoms with Crippen LogP contribution in [0.1, 0.15) is 51.4 Å². The minimum Gasteiger partial charge on any atom is -0.481 e. The Labute approximate surface area is 121 Å². The van der Waals surface area contributed by atoms with Crippen molar-refractivity contribution in [2.45, 2.75) is 51.4 Å². The molecule has 2 aliphatic carbocycles. The fourth-order valence-electron chi connectivity index (χ4n) is 3.63. The Hall–Kier alpha value is -0.900. The van der Waals surface area contributed by atoms with Crippen LogP contribution in [-0.2, 0) is 9.59 Å². The highest BCUT2D eigenvalue weighted by atomic mass is 16.4. The van der Waals surface area contributed by atoms with E-state index in [0.717, 1.165) is 63.8 Å². The monoisotopic (exact) mass is 281 g/mol. The normalized spacial score (nSPS) is 34.6. The van der Waals surface area contributed by atoms with Crippen LogP contribution in [0, 0.1) is 23.7 Å². The lowest BCUT2D eigenvalue weighted by Crippen LogP contribution is -2.32. The third-order valence-electron chi connectivity index (χ3n) is 5.15. The minimum absolute atomic E-state index is 0.107. The predicted molar refractivity (Wildman–Crippen MR) is 77.5 cm³/mol. The van der Waals surface area contributed by atoms with Gasteiger partial charge in [-0.05, 0) is 76.3 Å². The van der Waals surface area contributed by atoms with Gasteiger partial charge in [-0.25, -0.2) is 0 Å². The maximum atomic E-state index is 10.9. The number of hydrogen-bond acceptors (Lipinski definition) is 3. The summed E-state index contributed by atoms with van der Waals surface area (Å²) in [6.07, 6.45) is 9.33. The van der Waals surface area contributed by atoms with Crippen molar-refractivity contribution in [2.24, 2.45) is 23.7 Å². The zero-order chi connectivity index (χ0) is 14.4. The number of rotatable bonds is 6. The van der Waals surface area contributed by atoms with Gasteiger partial charge in [0.2, 0.25) is 0 Å². The molecule has 20 heavy (non-hydrogen) atoms. The summed E-state index contributed by atoms with van der Waals surface area (Å²) in [7, 11) is 0. The molecule has 0 spiro atoms. The van der Waals surface area contributed by atoms with Gasteiger partial charge in [-0.3, -0.25) is 4.79 Å². The molecule has 0 unspecified atom stereocenters. The van der Waals surface area contributed by atoms with Crippen LogP contribution in [-0.4, -0.2) is 30.5 Å². The molecule has 2 rings (SSSR count). The number of hydrogen-bond donors (Lipinski definition) is 2. The number of carbonyl (C=O) groups is 2. The van der Waals surface area contributed by atoms with Crippen molar-refractivity contribution in [3.05, 3.63) is 0 Å². The summed E-state index contributed by atoms with van der Waals surface area (Å²) in [5, 5.41) is 12.5. The van der Waals surface area contributed by atoms with Gasteiger partial charge in [0, 0.05) is 5.92 Å². The Morgan fingerprint density at radius 2 is 1.45 bits per heavy atom. The first kappa shape index (κ1) is 15.5. The van der Waals surface area contributed by atoms with E-state index in [4.69, 9.17) is 5.11 Å². The first-order chi connectivity index (χ1) is 9.69. The van der Waals surface area contributed by atoms with Crippen molar-refractivity contribution in [1.29, 1.82) is 0 Å². The average molecular weight is 281 g/mol. The highest BCUT2D eigenvalue weighted by molar-refractivity contribution is 5.69. The molecule has 0 aliphatic heterocycles. The zero-order valence-corrected chi connectivity index (χ0v) is 12.2. The summed E-state index contributed by atoms with van der Waals surface area (Å²) in [5.74, 6) is 0.948. The van der Waals surface area contributed by atoms with Crippen LogP contribution in [0.5, 0.6) is 0 Å². The molecular weight excluding hydrogens is 254 g/mol. The lowest BCUT2D eigenvalue weighted by molar-refractivity contribution is -0.143. The Morgan fingerprint density at radius 1 is 0.950 bits per heavy atom. The van der Waals surface area contributed by atoms with Gasteiger partial charge in [-0.15, -0.1) is 0 Å². The predicted octanol–water partition coefficient (Wildman–Crippen LogP) is 2.47. The molecular formula is C16H27NO3. The lowest BCUT2D eigenvalue weighted by Gasteiger charge is -2.29. The molecule has 0 bridgehead atoms. The third kappa shape index (κ3) is 4.58. The van der Waals surface area contributed by atoms with Crippen LogP contribution in [0.4, 0.5) is 0 Å². The highest BCUT2D eigenvalue weighted by Crippen LogP contribution is 2.29. The van der Waals surface area contributed by atoms with E-state index in [9.17, 15) is 9.59 Å². The molecule has 0 atom stereocenters. The summed E-state index contributed by atoms with van der Waals surface area (Å²) < 4.78 is 0. The molecule has 0 radical (unpaired) electrons. The zero-order valence-electron chi connectivity index (χ0n) is 12.2. The molecule has 114 valence electrons. The van der Waals surface area contributed by atoms with E-state index < -0.39 is 5.97 Å². The second-order valence-corrected chi connectivity index (χ2v) is 6.63. The van der Waals surface area contributed by atoms with Gasteiger partial charge in [0.25, 0.3) is 0 Å². The van der Waals surface area contributed by atoms with Crippen LogP contribution in [0.25, 0.3) is 0 Å². The van der Waals surface area contributed by atoms with Gasteiger partial charge < -0.3 is 15.2 Å². The smallest absolute Gasteiger partial charge is 0.306 e. The van der Waals surface area contributed by atoms with Gasteiger partial charge in [0.05, 0.1) is 5.92 Å². The number of carboxylic acid groups (broad SMARTS) is 1. The molecule has 2 aliphatic rings. The summed E-state index contributed by atoms with van der Waals surface area (Å²) in [6, 6.07) is 0. The van der Waals surface area contributed by atoms with Gasteiger partial charge in [0.1, 0.15) is 6.29 Å². The SMILES string of the molecule is O=CC1CCC(CNCC2CCC(C(=O)O)CC2)CC1. The molecule has 4 heteroatoms. The molecule has 2 saturated carbocycles. The molecule has 0 aromatic heterocycles. The van der Waals surface area contributed by atoms with Crippen molar-refractivity contribution >= 4 is 12.3 Å². The highest BCUT2D eigenvalue weighted by Gasteiger charge is 2.26. The standard InChI is InChI=1S/C16H27NO3/c18-11-14-3-1-12(2-4-14)9-17-10-13-5-7-15(8-6-13)16(19)20/h11-15,17H,1-10H2,(H,19,20). The van der Waals surface area contributed by atoms with E-state index in [1.807, 2.05) is 0 Å². The second-order valence-electron chi connectivity index (χ2n) is 6.63. The number of carbonyl (C=O) groups excluding carboxylic acids is 1. The molecule has 2 fully saturated rings. The molecule has 0 saturated heterocycles. The number of nitrogens with one attached hydrogen (secondary N) is 1. The van der Waals surface area contributed by atoms with Crippen LogP contribution in [0.15, 0.2) is 0 Å². The van der Waals surface area contributed by atoms with E-state index in [0.29, 0.717) is 11.8 Å². The van der Waals surface area contributed by atoms with Gasteiger partial charge in [-0.1, -0.05) is 0 Å². The first-order valence-corrected chi connectivity index (χ1v) is 8.08. The van der Waals surface area contributed by atoms with Crippen molar-refractivity contribution in [3.8, 4) is 0 Å². The van der Waals surface area contributed by atoms with E-state index in [2.05, 4.69) is 5.32 Å². The molecule has 0 amide bonds. The Morgan fingerprint density at radius 3 is 1.90 bits per heavy atom. The molecule has 2 N–H and O–H groups in total. The van der Waals surface area contributed by atoms with Gasteiger partial charge in [0.15, 0.2) is 0 Å². The third-order valence-corrected chi connectivity index (χ3v) is 5.15. The minimum atomic E-state index is -0.622. The van der Waals surface area contributed by atoms with Crippen molar-refractivity contribution in [2.75, 3.05) is 13.1 Å². The topological polar surface area (TPSA) is 66.4 Å². The van der Waals surface area contributed by atoms with Crippen LogP contribution < -0.4 is 5.32 Å². The lowest BCUT2D eigenvalue weighted by atomic mass is 9.81. The quantitative estimate of drug-likeness (QED) is 0.734. The number of carboxylic acids is 1. The van der Waals surface area contributed by atoms with Crippen LogP contribution >= 0.6 is 0 Å². The van der Waals surface area contributed by atoms with Crippen molar-refractivity contribution in [1.82, 2.24) is 5.32 Å². The van der Waals surface area contributed by atoms with E-state index in [1.165, 1.54) is 12.8 Å². The number of aldehydes is 1. The second kappa shape index (κ2) is 7.77. The van der Waals surface area contributed by atoms with Crippen molar-refractivity contribution < 1.29 is 14.7 Å². The fraction of sp³-hybridized carbons (Fsp3) is 0.875. The summed E-state index contributed by atoms with van der Waals surface area (Å²) in [5.41, 5.74) is 0. The van der Waals surface area contributed by atoms with E-state index in [-0.39, 0.29) is 5.92 Å². The van der Waals surface area contributed by atoms with Gasteiger partial charge in [-0.2, -0.15) is 0 Å². The maximum Gasteiger partial charge on any atom is 0.306 e.